The smallest absolute Gasteiger partial charge is 0.138 e. The first-order chi connectivity index (χ1) is 7.88. The minimum atomic E-state index is -0.495. The second-order valence-corrected chi connectivity index (χ2v) is 5.61. The van der Waals surface area contributed by atoms with E-state index in [1.54, 1.807) is 12.1 Å². The zero-order valence-electron chi connectivity index (χ0n) is 10.6. The number of benzene rings is 1. The van der Waals surface area contributed by atoms with Gasteiger partial charge in [-0.3, -0.25) is 0 Å². The molecule has 0 radical (unpaired) electrons. The summed E-state index contributed by atoms with van der Waals surface area (Å²) in [7, 11) is 0. The van der Waals surface area contributed by atoms with Crippen molar-refractivity contribution in [1.82, 2.24) is 0 Å². The van der Waals surface area contributed by atoms with Crippen LogP contribution in [0.1, 0.15) is 20.8 Å². The molecule has 0 fully saturated rings. The van der Waals surface area contributed by atoms with E-state index in [9.17, 15) is 5.11 Å². The molecule has 1 atom stereocenters. The van der Waals surface area contributed by atoms with Gasteiger partial charge in [0.1, 0.15) is 25.0 Å². The first kappa shape index (κ1) is 14.3. The Morgan fingerprint density at radius 3 is 2.59 bits per heavy atom. The molecule has 0 amide bonds. The number of hydrogen-bond acceptors (Lipinski definition) is 2. The van der Waals surface area contributed by atoms with Crippen LogP contribution in [0.3, 0.4) is 0 Å². The SMILES string of the molecule is CC(C)(C)[NH2+]C[C@H](O)COc1ccccc1Cl. The van der Waals surface area contributed by atoms with Crippen molar-refractivity contribution in [2.45, 2.75) is 32.4 Å². The highest BCUT2D eigenvalue weighted by molar-refractivity contribution is 6.32. The van der Waals surface area contributed by atoms with Gasteiger partial charge in [0.2, 0.25) is 0 Å². The highest BCUT2D eigenvalue weighted by Gasteiger charge is 2.16. The average molecular weight is 259 g/mol. The minimum Gasteiger partial charge on any atom is -0.489 e. The third kappa shape index (κ3) is 5.91. The van der Waals surface area contributed by atoms with E-state index in [0.29, 0.717) is 17.3 Å². The normalized spacial score (nSPS) is 13.5. The minimum absolute atomic E-state index is 0.116. The molecule has 0 aliphatic carbocycles. The molecule has 0 spiro atoms. The zero-order valence-corrected chi connectivity index (χ0v) is 11.4. The van der Waals surface area contributed by atoms with E-state index in [4.69, 9.17) is 16.3 Å². The summed E-state index contributed by atoms with van der Waals surface area (Å²) < 4.78 is 5.46. The molecule has 1 aromatic rings. The first-order valence-corrected chi connectivity index (χ1v) is 6.16. The van der Waals surface area contributed by atoms with Crippen LogP contribution in [0.15, 0.2) is 24.3 Å². The number of hydrogen-bond donors (Lipinski definition) is 2. The Hall–Kier alpha value is -0.770. The maximum atomic E-state index is 9.77. The van der Waals surface area contributed by atoms with Crippen LogP contribution in [0.2, 0.25) is 5.02 Å². The van der Waals surface area contributed by atoms with Crippen molar-refractivity contribution < 1.29 is 15.2 Å². The molecule has 0 unspecified atom stereocenters. The number of rotatable bonds is 5. The van der Waals surface area contributed by atoms with Crippen LogP contribution in [0.25, 0.3) is 0 Å². The molecule has 0 saturated carbocycles. The molecular weight excluding hydrogens is 238 g/mol. The second-order valence-electron chi connectivity index (χ2n) is 5.20. The van der Waals surface area contributed by atoms with Gasteiger partial charge in [-0.2, -0.15) is 0 Å². The van der Waals surface area contributed by atoms with Gasteiger partial charge in [-0.1, -0.05) is 23.7 Å². The first-order valence-electron chi connectivity index (χ1n) is 5.78. The van der Waals surface area contributed by atoms with Crippen molar-refractivity contribution in [3.05, 3.63) is 29.3 Å². The van der Waals surface area contributed by atoms with Crippen LogP contribution < -0.4 is 10.1 Å². The third-order valence-electron chi connectivity index (χ3n) is 2.27. The Morgan fingerprint density at radius 1 is 1.35 bits per heavy atom. The van der Waals surface area contributed by atoms with Gasteiger partial charge in [0.05, 0.1) is 10.6 Å². The predicted octanol–water partition coefficient (Wildman–Crippen LogP) is 1.44. The zero-order chi connectivity index (χ0) is 12.9. The summed E-state index contributed by atoms with van der Waals surface area (Å²) in [6.07, 6.45) is -0.495. The summed E-state index contributed by atoms with van der Waals surface area (Å²) in [5, 5.41) is 12.4. The van der Waals surface area contributed by atoms with Gasteiger partial charge in [-0.25, -0.2) is 0 Å². The van der Waals surface area contributed by atoms with E-state index in [1.807, 2.05) is 12.1 Å². The van der Waals surface area contributed by atoms with E-state index >= 15 is 0 Å². The quantitative estimate of drug-likeness (QED) is 0.840. The fourth-order valence-corrected chi connectivity index (χ4v) is 1.50. The molecule has 1 rings (SSSR count). The number of ether oxygens (including phenoxy) is 1. The Morgan fingerprint density at radius 2 is 2.00 bits per heavy atom. The van der Waals surface area contributed by atoms with Crippen molar-refractivity contribution >= 4 is 11.6 Å². The fraction of sp³-hybridized carbons (Fsp3) is 0.538. The maximum absolute atomic E-state index is 9.77. The molecule has 3 nitrogen and oxygen atoms in total. The van der Waals surface area contributed by atoms with Crippen molar-refractivity contribution in [3.63, 3.8) is 0 Å². The van der Waals surface area contributed by atoms with Crippen molar-refractivity contribution in [3.8, 4) is 5.75 Å². The Kier molecular flexibility index (Phi) is 5.25. The highest BCUT2D eigenvalue weighted by atomic mass is 35.5. The molecule has 96 valence electrons. The number of quaternary nitrogens is 1. The number of aliphatic hydroxyl groups excluding tert-OH is 1. The van der Waals surface area contributed by atoms with Crippen LogP contribution in [0.5, 0.6) is 5.75 Å². The molecule has 1 aromatic carbocycles. The number of para-hydroxylation sites is 1. The van der Waals surface area contributed by atoms with Crippen LogP contribution in [0.4, 0.5) is 0 Å². The lowest BCUT2D eigenvalue weighted by Crippen LogP contribution is -2.96. The van der Waals surface area contributed by atoms with Gasteiger partial charge in [-0.15, -0.1) is 0 Å². The molecule has 0 bridgehead atoms. The van der Waals surface area contributed by atoms with Gasteiger partial charge in [0.25, 0.3) is 0 Å². The van der Waals surface area contributed by atoms with Gasteiger partial charge in [0, 0.05) is 0 Å². The van der Waals surface area contributed by atoms with E-state index in [-0.39, 0.29) is 12.1 Å². The molecule has 0 aliphatic rings. The van der Waals surface area contributed by atoms with Crippen LogP contribution in [-0.2, 0) is 0 Å². The maximum Gasteiger partial charge on any atom is 0.138 e. The largest absolute Gasteiger partial charge is 0.489 e. The van der Waals surface area contributed by atoms with E-state index in [1.165, 1.54) is 0 Å². The summed E-state index contributed by atoms with van der Waals surface area (Å²) in [5.41, 5.74) is 0.116. The van der Waals surface area contributed by atoms with Gasteiger partial charge in [0.15, 0.2) is 0 Å². The van der Waals surface area contributed by atoms with Crippen molar-refractivity contribution in [2.75, 3.05) is 13.2 Å². The van der Waals surface area contributed by atoms with E-state index in [2.05, 4.69) is 26.1 Å². The summed E-state index contributed by atoms with van der Waals surface area (Å²) in [4.78, 5) is 0. The molecule has 0 heterocycles. The lowest BCUT2D eigenvalue weighted by molar-refractivity contribution is -0.722. The topological polar surface area (TPSA) is 46.1 Å². The van der Waals surface area contributed by atoms with Crippen molar-refractivity contribution in [2.24, 2.45) is 0 Å². The van der Waals surface area contributed by atoms with Gasteiger partial charge in [-0.05, 0) is 32.9 Å². The average Bonchev–Trinajstić information content (AvgIpc) is 2.24. The number of nitrogens with two attached hydrogens (primary N) is 1. The predicted molar refractivity (Wildman–Crippen MR) is 69.5 cm³/mol. The lowest BCUT2D eigenvalue weighted by atomic mass is 10.1. The molecule has 0 aromatic heterocycles. The van der Waals surface area contributed by atoms with E-state index < -0.39 is 6.10 Å². The van der Waals surface area contributed by atoms with Gasteiger partial charge < -0.3 is 15.2 Å². The third-order valence-corrected chi connectivity index (χ3v) is 2.58. The Labute approximate surface area is 108 Å². The standard InChI is InChI=1S/C13H20ClNO2/c1-13(2,3)15-8-10(16)9-17-12-7-5-4-6-11(12)14/h4-7,10,15-16H,8-9H2,1-3H3/p+1/t10-/m0/s1. The Bertz CT molecular complexity index is 350. The van der Waals surface area contributed by atoms with Crippen LogP contribution in [0, 0.1) is 0 Å². The molecule has 4 heteroatoms. The summed E-state index contributed by atoms with van der Waals surface area (Å²) in [6, 6.07) is 7.26. The van der Waals surface area contributed by atoms with Gasteiger partial charge >= 0.3 is 0 Å². The molecular formula is C13H21ClNO2+. The highest BCUT2D eigenvalue weighted by Crippen LogP contribution is 2.22. The van der Waals surface area contributed by atoms with Crippen LogP contribution in [-0.4, -0.2) is 29.9 Å². The molecule has 0 aliphatic heterocycles. The van der Waals surface area contributed by atoms with Crippen LogP contribution >= 0.6 is 11.6 Å². The monoisotopic (exact) mass is 258 g/mol. The van der Waals surface area contributed by atoms with E-state index in [0.717, 1.165) is 0 Å². The molecule has 0 saturated heterocycles. The Balaban J connectivity index is 2.34. The fourth-order valence-electron chi connectivity index (χ4n) is 1.31. The molecule has 17 heavy (non-hydrogen) atoms. The summed E-state index contributed by atoms with van der Waals surface area (Å²) in [5.74, 6) is 0.615. The number of halogens is 1. The summed E-state index contributed by atoms with van der Waals surface area (Å²) >= 11 is 5.94. The molecule has 3 N–H and O–H groups in total. The second kappa shape index (κ2) is 6.24. The number of aliphatic hydroxyl groups is 1. The lowest BCUT2D eigenvalue weighted by Gasteiger charge is -2.19. The van der Waals surface area contributed by atoms with Crippen molar-refractivity contribution in [1.29, 1.82) is 0 Å². The summed E-state index contributed by atoms with van der Waals surface area (Å²) in [6.45, 7) is 7.20.